The molecule has 0 radical (unpaired) electrons. The molecule has 1 aromatic carbocycles. The largest absolute Gasteiger partial charge is 0.352 e. The zero-order valence-corrected chi connectivity index (χ0v) is 19.8. The van der Waals surface area contributed by atoms with Crippen molar-refractivity contribution in [1.29, 1.82) is 0 Å². The number of rotatable bonds is 5. The second-order valence-corrected chi connectivity index (χ2v) is 9.83. The highest BCUT2D eigenvalue weighted by molar-refractivity contribution is 7.19. The van der Waals surface area contributed by atoms with Crippen LogP contribution in [-0.4, -0.2) is 64.9 Å². The highest BCUT2D eigenvalue weighted by Crippen LogP contribution is 2.39. The van der Waals surface area contributed by atoms with Gasteiger partial charge in [-0.2, -0.15) is 0 Å². The average molecular weight is 450 g/mol. The molecule has 0 saturated carbocycles. The Morgan fingerprint density at radius 2 is 1.81 bits per heavy atom. The molecule has 1 saturated heterocycles. The van der Waals surface area contributed by atoms with Gasteiger partial charge in [0, 0.05) is 57.5 Å². The first-order valence-corrected chi connectivity index (χ1v) is 12.5. The molecule has 1 fully saturated rings. The molecule has 6 nitrogen and oxygen atoms in total. The Morgan fingerprint density at radius 1 is 1.03 bits per heavy atom. The molecule has 0 spiro atoms. The van der Waals surface area contributed by atoms with E-state index in [1.54, 1.807) is 6.92 Å². The maximum absolute atomic E-state index is 11.8. The summed E-state index contributed by atoms with van der Waals surface area (Å²) in [5.74, 6) is 2.17. The van der Waals surface area contributed by atoms with E-state index in [0.29, 0.717) is 0 Å². The molecule has 4 heterocycles. The molecular formula is C25H31N5OS. The zero-order chi connectivity index (χ0) is 22.1. The topological polar surface area (TPSA) is 52.6 Å². The van der Waals surface area contributed by atoms with Gasteiger partial charge in [-0.15, -0.1) is 11.3 Å². The summed E-state index contributed by atoms with van der Waals surface area (Å²) >= 11 is 1.85. The van der Waals surface area contributed by atoms with Gasteiger partial charge in [0.2, 0.25) is 5.91 Å². The van der Waals surface area contributed by atoms with Crippen molar-refractivity contribution in [3.05, 3.63) is 52.2 Å². The fourth-order valence-electron chi connectivity index (χ4n) is 4.82. The summed E-state index contributed by atoms with van der Waals surface area (Å²) in [4.78, 5) is 31.4. The maximum atomic E-state index is 11.8. The van der Waals surface area contributed by atoms with Gasteiger partial charge in [0.1, 0.15) is 16.5 Å². The van der Waals surface area contributed by atoms with Crippen LogP contribution in [0.15, 0.2) is 30.3 Å². The van der Waals surface area contributed by atoms with Gasteiger partial charge < -0.3 is 9.80 Å². The minimum atomic E-state index is 0.161. The van der Waals surface area contributed by atoms with Gasteiger partial charge >= 0.3 is 0 Å². The molecule has 0 bridgehead atoms. The number of hydrogen-bond donors (Lipinski definition) is 0. The van der Waals surface area contributed by atoms with Crippen molar-refractivity contribution < 1.29 is 4.79 Å². The van der Waals surface area contributed by atoms with Crippen molar-refractivity contribution >= 4 is 33.3 Å². The molecule has 0 unspecified atom stereocenters. The monoisotopic (exact) mass is 449 g/mol. The molecule has 32 heavy (non-hydrogen) atoms. The van der Waals surface area contributed by atoms with E-state index in [1.807, 2.05) is 16.2 Å². The van der Waals surface area contributed by atoms with E-state index in [1.165, 1.54) is 21.4 Å². The van der Waals surface area contributed by atoms with Crippen LogP contribution in [0.4, 0.5) is 5.82 Å². The second kappa shape index (κ2) is 9.16. The van der Waals surface area contributed by atoms with Crippen molar-refractivity contribution in [2.75, 3.05) is 44.2 Å². The Balaban J connectivity index is 1.50. The lowest BCUT2D eigenvalue weighted by Crippen LogP contribution is -2.48. The van der Waals surface area contributed by atoms with Crippen molar-refractivity contribution in [2.45, 2.75) is 39.7 Å². The van der Waals surface area contributed by atoms with Gasteiger partial charge in [0.05, 0.1) is 5.39 Å². The average Bonchev–Trinajstić information content (AvgIpc) is 3.20. The quantitative estimate of drug-likeness (QED) is 0.597. The van der Waals surface area contributed by atoms with Crippen LogP contribution in [0.3, 0.4) is 0 Å². The van der Waals surface area contributed by atoms with Crippen molar-refractivity contribution in [2.24, 2.45) is 0 Å². The van der Waals surface area contributed by atoms with Crippen LogP contribution in [0.2, 0.25) is 0 Å². The van der Waals surface area contributed by atoms with Gasteiger partial charge in [-0.3, -0.25) is 9.69 Å². The molecule has 0 atom stereocenters. The fourth-order valence-corrected chi connectivity index (χ4v) is 6.09. The molecule has 2 aliphatic heterocycles. The summed E-state index contributed by atoms with van der Waals surface area (Å²) in [5.41, 5.74) is 2.77. The Kier molecular flexibility index (Phi) is 6.11. The lowest BCUT2D eigenvalue weighted by molar-refractivity contribution is -0.129. The van der Waals surface area contributed by atoms with E-state index in [4.69, 9.17) is 9.97 Å². The van der Waals surface area contributed by atoms with Crippen LogP contribution in [0.1, 0.15) is 35.7 Å². The molecule has 2 aromatic heterocycles. The molecule has 0 N–H and O–H groups in total. The summed E-state index contributed by atoms with van der Waals surface area (Å²) < 4.78 is 0. The van der Waals surface area contributed by atoms with Gasteiger partial charge in [-0.05, 0) is 30.5 Å². The Bertz CT molecular complexity index is 1100. The normalized spacial score (nSPS) is 17.1. The van der Waals surface area contributed by atoms with Gasteiger partial charge in [0.15, 0.2) is 0 Å². The predicted molar refractivity (Wildman–Crippen MR) is 130 cm³/mol. The Labute approximate surface area is 193 Å². The molecule has 1 amide bonds. The zero-order valence-electron chi connectivity index (χ0n) is 19.0. The van der Waals surface area contributed by atoms with Crippen molar-refractivity contribution in [3.8, 4) is 0 Å². The minimum Gasteiger partial charge on any atom is -0.352 e. The lowest BCUT2D eigenvalue weighted by atomic mass is 10.0. The third kappa shape index (κ3) is 4.24. The summed E-state index contributed by atoms with van der Waals surface area (Å²) in [7, 11) is 0. The number of carbonyl (C=O) groups is 1. The van der Waals surface area contributed by atoms with E-state index in [-0.39, 0.29) is 5.91 Å². The third-order valence-electron chi connectivity index (χ3n) is 6.76. The summed E-state index contributed by atoms with van der Waals surface area (Å²) in [6, 6.07) is 10.6. The number of nitrogens with zero attached hydrogens (tertiary/aromatic N) is 5. The van der Waals surface area contributed by atoms with E-state index >= 15 is 0 Å². The summed E-state index contributed by atoms with van der Waals surface area (Å²) in [6.07, 6.45) is 2.85. The van der Waals surface area contributed by atoms with Crippen LogP contribution < -0.4 is 4.90 Å². The SMILES string of the molecule is CCN1CCc2c(sc3nc(CCc4ccccc4)nc(N4CCN(C(C)=O)CC4)c23)C1. The number of aromatic nitrogens is 2. The van der Waals surface area contributed by atoms with Gasteiger partial charge in [-0.1, -0.05) is 37.3 Å². The number of hydrogen-bond acceptors (Lipinski definition) is 6. The highest BCUT2D eigenvalue weighted by atomic mass is 32.1. The fraction of sp³-hybridized carbons (Fsp3) is 0.480. The smallest absolute Gasteiger partial charge is 0.219 e. The lowest BCUT2D eigenvalue weighted by Gasteiger charge is -2.35. The summed E-state index contributed by atoms with van der Waals surface area (Å²) in [6.45, 7) is 10.3. The Hall–Kier alpha value is -2.51. The predicted octanol–water partition coefficient (Wildman–Crippen LogP) is 3.52. The van der Waals surface area contributed by atoms with Crippen LogP contribution in [0, 0.1) is 0 Å². The van der Waals surface area contributed by atoms with E-state index in [2.05, 4.69) is 47.1 Å². The minimum absolute atomic E-state index is 0.161. The molecular weight excluding hydrogens is 418 g/mol. The molecule has 7 heteroatoms. The number of piperazine rings is 1. The molecule has 168 valence electrons. The third-order valence-corrected chi connectivity index (χ3v) is 7.87. The number of anilines is 1. The van der Waals surface area contributed by atoms with E-state index < -0.39 is 0 Å². The number of thiophene rings is 1. The standard InChI is InChI=1S/C25H31N5OS/c1-3-28-12-11-20-21(17-28)32-25-23(20)24(30-15-13-29(14-16-30)18(2)31)26-22(27-25)10-9-19-7-5-4-6-8-19/h4-8H,3,9-17H2,1-2H3. The number of amides is 1. The van der Waals surface area contributed by atoms with Crippen molar-refractivity contribution in [1.82, 2.24) is 19.8 Å². The number of benzene rings is 1. The molecule has 5 rings (SSSR count). The second-order valence-electron chi connectivity index (χ2n) is 8.74. The maximum Gasteiger partial charge on any atom is 0.219 e. The highest BCUT2D eigenvalue weighted by Gasteiger charge is 2.28. The van der Waals surface area contributed by atoms with Crippen molar-refractivity contribution in [3.63, 3.8) is 0 Å². The first kappa shape index (κ1) is 21.3. The molecule has 3 aromatic rings. The first-order valence-electron chi connectivity index (χ1n) is 11.7. The summed E-state index contributed by atoms with van der Waals surface area (Å²) in [5, 5.41) is 1.26. The molecule has 0 aliphatic carbocycles. The first-order chi connectivity index (χ1) is 15.6. The number of likely N-dealkylation sites (N-methyl/N-ethyl adjacent to an activating group) is 1. The van der Waals surface area contributed by atoms with Gasteiger partial charge in [-0.25, -0.2) is 9.97 Å². The van der Waals surface area contributed by atoms with E-state index in [0.717, 1.165) is 81.5 Å². The number of carbonyl (C=O) groups excluding carboxylic acids is 1. The van der Waals surface area contributed by atoms with Crippen LogP contribution in [0.25, 0.3) is 10.2 Å². The Morgan fingerprint density at radius 3 is 2.53 bits per heavy atom. The number of aryl methyl sites for hydroxylation is 2. The van der Waals surface area contributed by atoms with Crippen LogP contribution >= 0.6 is 11.3 Å². The van der Waals surface area contributed by atoms with Gasteiger partial charge in [0.25, 0.3) is 0 Å². The number of fused-ring (bicyclic) bond motifs is 3. The van der Waals surface area contributed by atoms with Crippen LogP contribution in [0.5, 0.6) is 0 Å². The van der Waals surface area contributed by atoms with E-state index in [9.17, 15) is 4.79 Å². The molecule has 2 aliphatic rings. The van der Waals surface area contributed by atoms with Crippen LogP contribution in [-0.2, 0) is 30.6 Å².